The van der Waals surface area contributed by atoms with Gasteiger partial charge in [0.25, 0.3) is 5.56 Å². The maximum Gasteiger partial charge on any atom is 0.258 e. The molecule has 3 rings (SSSR count). The fraction of sp³-hybridized carbons (Fsp3) is 0.300. The molecule has 1 atom stereocenters. The van der Waals surface area contributed by atoms with Gasteiger partial charge in [0.1, 0.15) is 17.4 Å². The highest BCUT2D eigenvalue weighted by Gasteiger charge is 2.34. The lowest BCUT2D eigenvalue weighted by atomic mass is 9.84. The number of benzene rings is 1. The molecule has 27 heavy (non-hydrogen) atoms. The molecule has 7 heteroatoms. The highest BCUT2D eigenvalue weighted by molar-refractivity contribution is 5.57. The number of aromatic nitrogens is 1. The minimum Gasteiger partial charge on any atom is -0.493 e. The van der Waals surface area contributed by atoms with Crippen molar-refractivity contribution in [2.24, 2.45) is 5.73 Å². The Bertz CT molecular complexity index is 1030. The number of fused-ring (bicyclic) bond motifs is 1. The predicted molar refractivity (Wildman–Crippen MR) is 100.0 cm³/mol. The van der Waals surface area contributed by atoms with Crippen LogP contribution in [0.5, 0.6) is 17.2 Å². The molecule has 1 aromatic carbocycles. The first-order chi connectivity index (χ1) is 13.0. The molecular formula is C20H21N3O4. The molecule has 140 valence electrons. The Morgan fingerprint density at radius 2 is 1.96 bits per heavy atom. The Labute approximate surface area is 157 Å². The number of allylic oxidation sites excluding steroid dienone is 1. The van der Waals surface area contributed by atoms with Crippen LogP contribution in [0.1, 0.15) is 29.7 Å². The molecule has 0 aliphatic carbocycles. The number of pyridine rings is 1. The van der Waals surface area contributed by atoms with E-state index in [4.69, 9.17) is 19.9 Å². The van der Waals surface area contributed by atoms with Crippen LogP contribution in [-0.4, -0.2) is 18.8 Å². The van der Waals surface area contributed by atoms with Gasteiger partial charge < -0.3 is 24.5 Å². The van der Waals surface area contributed by atoms with Gasteiger partial charge in [0.2, 0.25) is 5.88 Å². The molecule has 7 nitrogen and oxygen atoms in total. The average Bonchev–Trinajstić information content (AvgIpc) is 2.66. The van der Waals surface area contributed by atoms with Crippen molar-refractivity contribution >= 4 is 0 Å². The topological polar surface area (TPSA) is 99.5 Å². The number of nitriles is 1. The van der Waals surface area contributed by atoms with Crippen molar-refractivity contribution < 1.29 is 14.2 Å². The number of nitrogens with two attached hydrogens (primary N) is 1. The lowest BCUT2D eigenvalue weighted by molar-refractivity contribution is 0.354. The second-order valence-corrected chi connectivity index (χ2v) is 6.15. The third kappa shape index (κ3) is 2.89. The summed E-state index contributed by atoms with van der Waals surface area (Å²) in [6.45, 7) is 4.24. The zero-order chi connectivity index (χ0) is 19.7. The smallest absolute Gasteiger partial charge is 0.258 e. The van der Waals surface area contributed by atoms with Crippen LogP contribution in [0.4, 0.5) is 0 Å². The molecule has 0 saturated carbocycles. The van der Waals surface area contributed by atoms with Gasteiger partial charge >= 0.3 is 0 Å². The number of aryl methyl sites for hydroxylation is 1. The van der Waals surface area contributed by atoms with E-state index in [0.29, 0.717) is 34.9 Å². The monoisotopic (exact) mass is 367 g/mol. The minimum atomic E-state index is -0.649. The molecular weight excluding hydrogens is 346 g/mol. The standard InChI is InChI=1S/C20H21N3O4/c1-5-23-11(2)8-16-18(20(23)24)17(13(10-21)19(22)27-16)12-6-7-14(25-3)15(9-12)26-4/h6-9,17H,5,22H2,1-4H3. The van der Waals surface area contributed by atoms with Crippen molar-refractivity contribution in [2.75, 3.05) is 14.2 Å². The van der Waals surface area contributed by atoms with E-state index in [1.807, 2.05) is 13.8 Å². The third-order valence-corrected chi connectivity index (χ3v) is 4.75. The van der Waals surface area contributed by atoms with Gasteiger partial charge in [0.15, 0.2) is 11.5 Å². The first-order valence-corrected chi connectivity index (χ1v) is 8.50. The molecule has 2 N–H and O–H groups in total. The number of ether oxygens (including phenoxy) is 3. The Balaban J connectivity index is 2.32. The Kier molecular flexibility index (Phi) is 4.82. The van der Waals surface area contributed by atoms with Crippen molar-refractivity contribution in [2.45, 2.75) is 26.3 Å². The summed E-state index contributed by atoms with van der Waals surface area (Å²) in [4.78, 5) is 13.1. The number of hydrogen-bond donors (Lipinski definition) is 1. The fourth-order valence-corrected chi connectivity index (χ4v) is 3.44. The van der Waals surface area contributed by atoms with Crippen LogP contribution in [0.2, 0.25) is 0 Å². The summed E-state index contributed by atoms with van der Waals surface area (Å²) in [5.74, 6) is 0.779. The van der Waals surface area contributed by atoms with Crippen molar-refractivity contribution in [3.05, 3.63) is 62.9 Å². The van der Waals surface area contributed by atoms with Crippen molar-refractivity contribution in [3.8, 4) is 23.3 Å². The summed E-state index contributed by atoms with van der Waals surface area (Å²) in [6.07, 6.45) is 0. The van der Waals surface area contributed by atoms with Gasteiger partial charge in [0.05, 0.1) is 25.7 Å². The second kappa shape index (κ2) is 7.08. The molecule has 1 aromatic heterocycles. The van der Waals surface area contributed by atoms with E-state index < -0.39 is 5.92 Å². The van der Waals surface area contributed by atoms with Gasteiger partial charge in [-0.1, -0.05) is 6.07 Å². The summed E-state index contributed by atoms with van der Waals surface area (Å²) in [5.41, 5.74) is 7.84. The molecule has 0 saturated heterocycles. The van der Waals surface area contributed by atoms with Crippen molar-refractivity contribution in [1.29, 1.82) is 5.26 Å². The number of rotatable bonds is 4. The molecule has 0 bridgehead atoms. The van der Waals surface area contributed by atoms with E-state index in [1.54, 1.807) is 35.9 Å². The lowest BCUT2D eigenvalue weighted by Crippen LogP contribution is -2.32. The van der Waals surface area contributed by atoms with Crippen LogP contribution in [0, 0.1) is 18.3 Å². The SMILES string of the molecule is CCn1c(C)cc2c(c1=O)C(c1ccc(OC)c(OC)c1)C(C#N)=C(N)O2. The molecule has 1 aliphatic rings. The van der Waals surface area contributed by atoms with E-state index in [0.717, 1.165) is 5.69 Å². The van der Waals surface area contributed by atoms with Gasteiger partial charge in [-0.15, -0.1) is 0 Å². The highest BCUT2D eigenvalue weighted by Crippen LogP contribution is 2.42. The molecule has 0 radical (unpaired) electrons. The fourth-order valence-electron chi connectivity index (χ4n) is 3.44. The molecule has 0 fully saturated rings. The molecule has 2 heterocycles. The quantitative estimate of drug-likeness (QED) is 0.891. The number of nitrogens with zero attached hydrogens (tertiary/aromatic N) is 2. The predicted octanol–water partition coefficient (Wildman–Crippen LogP) is 2.41. The lowest BCUT2D eigenvalue weighted by Gasteiger charge is -2.27. The van der Waals surface area contributed by atoms with Crippen LogP contribution in [-0.2, 0) is 6.54 Å². The second-order valence-electron chi connectivity index (χ2n) is 6.15. The molecule has 0 amide bonds. The summed E-state index contributed by atoms with van der Waals surface area (Å²) < 4.78 is 17.9. The molecule has 1 unspecified atom stereocenters. The normalized spacial score (nSPS) is 15.6. The van der Waals surface area contributed by atoms with Crippen LogP contribution >= 0.6 is 0 Å². The summed E-state index contributed by atoms with van der Waals surface area (Å²) in [7, 11) is 3.07. The van der Waals surface area contributed by atoms with E-state index in [2.05, 4.69) is 6.07 Å². The largest absolute Gasteiger partial charge is 0.493 e. The minimum absolute atomic E-state index is 0.00201. The van der Waals surface area contributed by atoms with Gasteiger partial charge in [-0.2, -0.15) is 5.26 Å². The zero-order valence-corrected chi connectivity index (χ0v) is 15.7. The zero-order valence-electron chi connectivity index (χ0n) is 15.7. The van der Waals surface area contributed by atoms with Crippen LogP contribution in [0.15, 0.2) is 40.5 Å². The van der Waals surface area contributed by atoms with Crippen LogP contribution in [0.25, 0.3) is 0 Å². The Morgan fingerprint density at radius 3 is 2.56 bits per heavy atom. The van der Waals surface area contributed by atoms with Gasteiger partial charge in [0, 0.05) is 18.3 Å². The van der Waals surface area contributed by atoms with Gasteiger partial charge in [-0.3, -0.25) is 4.79 Å². The first-order valence-electron chi connectivity index (χ1n) is 8.50. The highest BCUT2D eigenvalue weighted by atomic mass is 16.5. The van der Waals surface area contributed by atoms with E-state index in [1.165, 1.54) is 7.11 Å². The van der Waals surface area contributed by atoms with E-state index >= 15 is 0 Å². The number of methoxy groups -OCH3 is 2. The van der Waals surface area contributed by atoms with Crippen LogP contribution in [0.3, 0.4) is 0 Å². The van der Waals surface area contributed by atoms with Crippen LogP contribution < -0.4 is 25.5 Å². The molecule has 1 aliphatic heterocycles. The van der Waals surface area contributed by atoms with Crippen molar-refractivity contribution in [1.82, 2.24) is 4.57 Å². The molecule has 0 spiro atoms. The Hall–Kier alpha value is -3.40. The van der Waals surface area contributed by atoms with E-state index in [9.17, 15) is 10.1 Å². The maximum atomic E-state index is 13.1. The maximum absolute atomic E-state index is 13.1. The summed E-state index contributed by atoms with van der Waals surface area (Å²) in [5, 5.41) is 9.69. The van der Waals surface area contributed by atoms with Gasteiger partial charge in [-0.25, -0.2) is 0 Å². The van der Waals surface area contributed by atoms with E-state index in [-0.39, 0.29) is 17.0 Å². The molecule has 2 aromatic rings. The summed E-state index contributed by atoms with van der Waals surface area (Å²) in [6, 6.07) is 9.15. The van der Waals surface area contributed by atoms with Crippen molar-refractivity contribution in [3.63, 3.8) is 0 Å². The summed E-state index contributed by atoms with van der Waals surface area (Å²) >= 11 is 0. The Morgan fingerprint density at radius 1 is 1.26 bits per heavy atom. The average molecular weight is 367 g/mol. The third-order valence-electron chi connectivity index (χ3n) is 4.75. The van der Waals surface area contributed by atoms with Gasteiger partial charge in [-0.05, 0) is 31.5 Å². The first kappa shape index (κ1) is 18.4. The number of hydrogen-bond acceptors (Lipinski definition) is 6.